The molecule has 270 valence electrons. The molecule has 0 unspecified atom stereocenters. The predicted octanol–water partition coefficient (Wildman–Crippen LogP) is 14.0. The number of hydrogen-bond acceptors (Lipinski definition) is 2. The van der Waals surface area contributed by atoms with Gasteiger partial charge in [-0.05, 0) is 153 Å². The zero-order chi connectivity index (χ0) is 37.9. The van der Waals surface area contributed by atoms with Crippen molar-refractivity contribution in [1.29, 1.82) is 0 Å². The van der Waals surface area contributed by atoms with E-state index in [1.807, 2.05) is 0 Å². The minimum absolute atomic E-state index is 1.01. The number of benzene rings is 8. The van der Waals surface area contributed by atoms with E-state index in [9.17, 15) is 0 Å². The second kappa shape index (κ2) is 13.6. The summed E-state index contributed by atoms with van der Waals surface area (Å²) >= 11 is 0. The van der Waals surface area contributed by atoms with Crippen molar-refractivity contribution in [3.05, 3.63) is 203 Å². The van der Waals surface area contributed by atoms with Gasteiger partial charge in [-0.1, -0.05) is 121 Å². The van der Waals surface area contributed by atoms with Crippen LogP contribution in [0.2, 0.25) is 0 Å². The summed E-state index contributed by atoms with van der Waals surface area (Å²) in [5.74, 6) is 0. The summed E-state index contributed by atoms with van der Waals surface area (Å²) in [6, 6.07) is 63.0. The molecule has 8 aromatic rings. The van der Waals surface area contributed by atoms with Gasteiger partial charge in [0.1, 0.15) is 0 Å². The Labute approximate surface area is 331 Å². The van der Waals surface area contributed by atoms with Gasteiger partial charge in [0.05, 0.1) is 0 Å². The third-order valence-corrected chi connectivity index (χ3v) is 12.2. The molecule has 0 saturated carbocycles. The number of anilines is 4. The molecule has 2 nitrogen and oxygen atoms in total. The normalized spacial score (nSPS) is 12.1. The third kappa shape index (κ3) is 5.72. The number of fused-ring (bicyclic) bond motifs is 6. The van der Waals surface area contributed by atoms with Crippen LogP contribution in [0, 0.1) is 13.8 Å². The molecule has 0 amide bonds. The van der Waals surface area contributed by atoms with Crippen LogP contribution in [0.25, 0.3) is 55.6 Å². The fraction of sp³-hybridized carbons (Fsp3) is 0.111. The van der Waals surface area contributed by atoms with Crippen LogP contribution in [-0.2, 0) is 12.8 Å². The van der Waals surface area contributed by atoms with Gasteiger partial charge in [0.25, 0.3) is 0 Å². The number of rotatable bonds is 7. The number of aryl methyl sites for hydroxylation is 2. The Morgan fingerprint density at radius 2 is 0.661 bits per heavy atom. The van der Waals surface area contributed by atoms with Gasteiger partial charge in [0.15, 0.2) is 0 Å². The molecule has 0 fully saturated rings. The molecule has 0 atom stereocenters. The largest absolute Gasteiger partial charge is 0.344 e. The average Bonchev–Trinajstić information content (AvgIpc) is 3.81. The smallest absolute Gasteiger partial charge is 0.0487 e. The first-order valence-electron chi connectivity index (χ1n) is 19.7. The van der Waals surface area contributed by atoms with Gasteiger partial charge in [0.2, 0.25) is 0 Å². The predicted molar refractivity (Wildman–Crippen MR) is 238 cm³/mol. The summed E-state index contributed by atoms with van der Waals surface area (Å²) in [5.41, 5.74) is 25.8. The van der Waals surface area contributed by atoms with Crippen molar-refractivity contribution in [1.82, 2.24) is 0 Å². The van der Waals surface area contributed by atoms with Crippen LogP contribution in [0.5, 0.6) is 0 Å². The Morgan fingerprint density at radius 3 is 1.09 bits per heavy atom. The zero-order valence-electron chi connectivity index (χ0n) is 32.5. The van der Waals surface area contributed by atoms with Gasteiger partial charge >= 0.3 is 0 Å². The molecule has 0 radical (unpaired) electrons. The van der Waals surface area contributed by atoms with Gasteiger partial charge in [0, 0.05) is 48.0 Å². The van der Waals surface area contributed by atoms with Gasteiger partial charge in [-0.3, -0.25) is 0 Å². The van der Waals surface area contributed by atoms with Crippen molar-refractivity contribution in [2.45, 2.75) is 26.7 Å². The van der Waals surface area contributed by atoms with E-state index in [2.05, 4.69) is 208 Å². The van der Waals surface area contributed by atoms with Crippen molar-refractivity contribution >= 4 is 22.7 Å². The van der Waals surface area contributed by atoms with Crippen molar-refractivity contribution < 1.29 is 0 Å². The molecular weight excluding hydrogens is 677 g/mol. The van der Waals surface area contributed by atoms with Crippen LogP contribution in [0.15, 0.2) is 170 Å². The quantitative estimate of drug-likeness (QED) is 0.162. The Morgan fingerprint density at radius 1 is 0.304 bits per heavy atom. The molecule has 0 aliphatic heterocycles. The lowest BCUT2D eigenvalue weighted by Gasteiger charge is -2.26. The Bertz CT molecular complexity index is 2630. The highest BCUT2D eigenvalue weighted by Crippen LogP contribution is 2.44. The molecule has 0 aromatic heterocycles. The molecular formula is C54H44N2. The molecule has 8 aromatic carbocycles. The first-order valence-corrected chi connectivity index (χ1v) is 19.7. The number of hydrogen-bond donors (Lipinski definition) is 0. The van der Waals surface area contributed by atoms with Crippen molar-refractivity contribution in [3.63, 3.8) is 0 Å². The van der Waals surface area contributed by atoms with Crippen LogP contribution >= 0.6 is 0 Å². The second-order valence-corrected chi connectivity index (χ2v) is 15.6. The van der Waals surface area contributed by atoms with Crippen LogP contribution in [0.4, 0.5) is 22.7 Å². The standard InChI is InChI=1S/C54H44N2/c1-35-29-37(25-27-51(35)55(3)53-19-11-9-17-47(53)43-23-21-41-31-39-13-5-7-15-45(39)49(41)33-43)38-26-28-52(36(2)30-38)56(4)54-20-12-10-18-48(54)44-24-22-42-32-40-14-6-8-16-46(40)50(42)34-44/h5-30,33-34H,31-32H2,1-4H3. The molecule has 2 heteroatoms. The monoisotopic (exact) mass is 720 g/mol. The van der Waals surface area contributed by atoms with Crippen molar-refractivity contribution in [2.75, 3.05) is 23.9 Å². The van der Waals surface area contributed by atoms with Gasteiger partial charge in [-0.2, -0.15) is 0 Å². The summed E-state index contributed by atoms with van der Waals surface area (Å²) in [6.07, 6.45) is 2.02. The molecule has 0 heterocycles. The molecule has 2 aliphatic rings. The minimum atomic E-state index is 1.01. The molecule has 0 N–H and O–H groups in total. The SMILES string of the molecule is Cc1cc(-c2ccc(N(C)c3ccccc3-c3ccc4c(c3)-c3ccccc3C4)c(C)c2)ccc1N(C)c1ccccc1-c1ccc2c(c1)-c1ccccc1C2. The fourth-order valence-corrected chi connectivity index (χ4v) is 9.29. The Hall–Kier alpha value is -6.64. The summed E-state index contributed by atoms with van der Waals surface area (Å²) in [7, 11) is 4.38. The van der Waals surface area contributed by atoms with E-state index < -0.39 is 0 Å². The van der Waals surface area contributed by atoms with E-state index in [-0.39, 0.29) is 0 Å². The lowest BCUT2D eigenvalue weighted by molar-refractivity contribution is 1.18. The molecule has 0 saturated heterocycles. The van der Waals surface area contributed by atoms with Crippen LogP contribution < -0.4 is 9.80 Å². The highest BCUT2D eigenvalue weighted by Gasteiger charge is 2.22. The van der Waals surface area contributed by atoms with E-state index in [0.29, 0.717) is 0 Å². The van der Waals surface area contributed by atoms with Crippen molar-refractivity contribution in [3.8, 4) is 55.6 Å². The summed E-state index contributed by atoms with van der Waals surface area (Å²) in [6.45, 7) is 4.46. The summed E-state index contributed by atoms with van der Waals surface area (Å²) in [5, 5.41) is 0. The highest BCUT2D eigenvalue weighted by molar-refractivity contribution is 5.90. The van der Waals surface area contributed by atoms with E-state index in [0.717, 1.165) is 12.8 Å². The summed E-state index contributed by atoms with van der Waals surface area (Å²) < 4.78 is 0. The van der Waals surface area contributed by atoms with Crippen LogP contribution in [0.1, 0.15) is 33.4 Å². The van der Waals surface area contributed by atoms with E-state index in [1.54, 1.807) is 0 Å². The minimum Gasteiger partial charge on any atom is -0.344 e. The van der Waals surface area contributed by atoms with Gasteiger partial charge in [-0.25, -0.2) is 0 Å². The molecule has 0 bridgehead atoms. The highest BCUT2D eigenvalue weighted by atomic mass is 15.1. The summed E-state index contributed by atoms with van der Waals surface area (Å²) in [4.78, 5) is 4.69. The molecule has 10 rings (SSSR count). The van der Waals surface area contributed by atoms with E-state index in [4.69, 9.17) is 0 Å². The molecule has 2 aliphatic carbocycles. The maximum absolute atomic E-state index is 2.39. The number of para-hydroxylation sites is 2. The first-order chi connectivity index (χ1) is 27.4. The lowest BCUT2D eigenvalue weighted by atomic mass is 9.96. The molecule has 0 spiro atoms. The van der Waals surface area contributed by atoms with E-state index >= 15 is 0 Å². The maximum atomic E-state index is 2.39. The zero-order valence-corrected chi connectivity index (χ0v) is 32.5. The van der Waals surface area contributed by atoms with Gasteiger partial charge < -0.3 is 9.80 Å². The maximum Gasteiger partial charge on any atom is 0.0487 e. The average molecular weight is 721 g/mol. The van der Waals surface area contributed by atoms with Crippen LogP contribution in [-0.4, -0.2) is 14.1 Å². The van der Waals surface area contributed by atoms with Crippen molar-refractivity contribution in [2.24, 2.45) is 0 Å². The Kier molecular flexibility index (Phi) is 8.22. The number of nitrogens with zero attached hydrogens (tertiary/aromatic N) is 2. The Balaban J connectivity index is 0.921. The third-order valence-electron chi connectivity index (χ3n) is 12.2. The first kappa shape index (κ1) is 33.9. The topological polar surface area (TPSA) is 6.48 Å². The van der Waals surface area contributed by atoms with Gasteiger partial charge in [-0.15, -0.1) is 0 Å². The van der Waals surface area contributed by atoms with Crippen LogP contribution in [0.3, 0.4) is 0 Å². The fourth-order valence-electron chi connectivity index (χ4n) is 9.29. The second-order valence-electron chi connectivity index (χ2n) is 15.6. The lowest BCUT2D eigenvalue weighted by Crippen LogP contribution is -2.12. The molecule has 56 heavy (non-hydrogen) atoms. The van der Waals surface area contributed by atoms with E-state index in [1.165, 1.54) is 112 Å².